The van der Waals surface area contributed by atoms with Gasteiger partial charge in [-0.25, -0.2) is 9.78 Å². The van der Waals surface area contributed by atoms with Crippen LogP contribution in [0.3, 0.4) is 0 Å². The van der Waals surface area contributed by atoms with Gasteiger partial charge in [0.25, 0.3) is 0 Å². The molecule has 1 atom stereocenters. The topological polar surface area (TPSA) is 84.6 Å². The average molecular weight is 557 g/mol. The van der Waals surface area contributed by atoms with Crippen LogP contribution in [0.25, 0.3) is 11.0 Å². The number of aryl methyl sites for hydroxylation is 2. The molecule has 198 valence electrons. The zero-order valence-electron chi connectivity index (χ0n) is 22.0. The van der Waals surface area contributed by atoms with E-state index in [1.807, 2.05) is 69.3 Å². The number of rotatable bonds is 7. The first-order valence-corrected chi connectivity index (χ1v) is 14.1. The third-order valence-electron chi connectivity index (χ3n) is 6.82. The highest BCUT2D eigenvalue weighted by molar-refractivity contribution is 8.04. The maximum absolute atomic E-state index is 12.9. The van der Waals surface area contributed by atoms with Gasteiger partial charge < -0.3 is 14.3 Å². The zero-order valence-corrected chi connectivity index (χ0v) is 23.6. The van der Waals surface area contributed by atoms with Crippen molar-refractivity contribution in [2.45, 2.75) is 43.9 Å². The van der Waals surface area contributed by atoms with Crippen LogP contribution >= 0.6 is 23.1 Å². The van der Waals surface area contributed by atoms with E-state index in [0.29, 0.717) is 22.0 Å². The number of fused-ring (bicyclic) bond motifs is 1. The van der Waals surface area contributed by atoms with Gasteiger partial charge in [0.15, 0.2) is 5.01 Å². The van der Waals surface area contributed by atoms with E-state index in [9.17, 15) is 9.90 Å². The summed E-state index contributed by atoms with van der Waals surface area (Å²) in [6.07, 6.45) is 0.682. The van der Waals surface area contributed by atoms with Crippen molar-refractivity contribution in [3.63, 3.8) is 0 Å². The van der Waals surface area contributed by atoms with Crippen molar-refractivity contribution >= 4 is 45.8 Å². The highest BCUT2D eigenvalue weighted by Crippen LogP contribution is 2.60. The van der Waals surface area contributed by atoms with E-state index in [4.69, 9.17) is 9.15 Å². The van der Waals surface area contributed by atoms with Crippen molar-refractivity contribution in [3.8, 4) is 11.8 Å². The summed E-state index contributed by atoms with van der Waals surface area (Å²) in [5, 5.41) is 14.2. The summed E-state index contributed by atoms with van der Waals surface area (Å²) in [5.41, 5.74) is 3.49. The van der Waals surface area contributed by atoms with E-state index in [1.165, 1.54) is 23.1 Å². The summed E-state index contributed by atoms with van der Waals surface area (Å²) in [4.78, 5) is 18.4. The van der Waals surface area contributed by atoms with Gasteiger partial charge in [0.05, 0.1) is 21.1 Å². The Balaban J connectivity index is 1.37. The van der Waals surface area contributed by atoms with Gasteiger partial charge in [-0.2, -0.15) is 0 Å². The van der Waals surface area contributed by atoms with Crippen LogP contribution in [0.15, 0.2) is 81.0 Å². The molecule has 2 aromatic carbocycles. The third kappa shape index (κ3) is 5.47. The molecule has 1 saturated carbocycles. The molecule has 2 N–H and O–H groups in total. The maximum atomic E-state index is 12.9. The third-order valence-corrected chi connectivity index (χ3v) is 9.31. The van der Waals surface area contributed by atoms with Crippen molar-refractivity contribution < 1.29 is 19.1 Å². The van der Waals surface area contributed by atoms with Crippen LogP contribution in [0.4, 0.5) is 10.5 Å². The molecule has 0 spiro atoms. The Morgan fingerprint density at radius 2 is 1.90 bits per heavy atom. The number of aliphatic hydroxyl groups is 1. The van der Waals surface area contributed by atoms with Crippen molar-refractivity contribution in [1.82, 2.24) is 4.98 Å². The molecule has 5 rings (SSSR count). The van der Waals surface area contributed by atoms with Gasteiger partial charge in [0.1, 0.15) is 17.4 Å². The van der Waals surface area contributed by atoms with Crippen molar-refractivity contribution in [1.29, 1.82) is 0 Å². The molecule has 1 aliphatic carbocycles. The number of allylic oxidation sites excluding steroid dienone is 1. The molecular formula is C31H28N2O4S2. The molecule has 39 heavy (non-hydrogen) atoms. The summed E-state index contributed by atoms with van der Waals surface area (Å²) in [6.45, 7) is 13.6. The first-order valence-electron chi connectivity index (χ1n) is 12.5. The van der Waals surface area contributed by atoms with E-state index in [0.717, 1.165) is 44.2 Å². The molecule has 0 aliphatic heterocycles. The Morgan fingerprint density at radius 1 is 1.18 bits per heavy atom. The summed E-state index contributed by atoms with van der Waals surface area (Å²) in [5.74, 6) is 6.61. The fourth-order valence-electron chi connectivity index (χ4n) is 4.36. The van der Waals surface area contributed by atoms with Gasteiger partial charge in [-0.05, 0) is 73.6 Å². The van der Waals surface area contributed by atoms with Crippen LogP contribution in [-0.2, 0) is 4.74 Å². The predicted octanol–water partition coefficient (Wildman–Crippen LogP) is 8.67. The SMILES string of the molecule is C=C(O)C1(C(=C)Sc2sc(C#Cc3oc4ccccc4c3NC(=O)OC(C)c3ccccc3C)nc2C)CC1. The fourth-order valence-corrected chi connectivity index (χ4v) is 6.65. The van der Waals surface area contributed by atoms with Gasteiger partial charge in [0, 0.05) is 5.39 Å². The Labute approximate surface area is 235 Å². The van der Waals surface area contributed by atoms with Gasteiger partial charge in [-0.15, -0.1) is 0 Å². The van der Waals surface area contributed by atoms with E-state index in [1.54, 1.807) is 0 Å². The molecule has 2 aromatic heterocycles. The number of hydrogen-bond acceptors (Lipinski definition) is 7. The molecule has 1 unspecified atom stereocenters. The Morgan fingerprint density at radius 3 is 2.62 bits per heavy atom. The van der Waals surface area contributed by atoms with Crippen LogP contribution in [0.5, 0.6) is 0 Å². The first-order chi connectivity index (χ1) is 18.7. The number of nitrogens with zero attached hydrogens (tertiary/aromatic N) is 1. The van der Waals surface area contributed by atoms with E-state index >= 15 is 0 Å². The van der Waals surface area contributed by atoms with Gasteiger partial charge in [-0.1, -0.05) is 72.7 Å². The number of ether oxygens (including phenoxy) is 1. The second-order valence-electron chi connectivity index (χ2n) is 9.53. The van der Waals surface area contributed by atoms with E-state index in [-0.39, 0.29) is 5.76 Å². The molecular weight excluding hydrogens is 528 g/mol. The number of nitrogens with one attached hydrogen (secondary N) is 1. The monoisotopic (exact) mass is 556 g/mol. The van der Waals surface area contributed by atoms with Crippen LogP contribution < -0.4 is 5.32 Å². The highest BCUT2D eigenvalue weighted by Gasteiger charge is 2.49. The molecule has 0 radical (unpaired) electrons. The lowest BCUT2D eigenvalue weighted by atomic mass is 10.1. The van der Waals surface area contributed by atoms with Crippen LogP contribution in [0, 0.1) is 31.1 Å². The minimum Gasteiger partial charge on any atom is -0.512 e. The molecule has 1 amide bonds. The predicted molar refractivity (Wildman–Crippen MR) is 157 cm³/mol. The quantitative estimate of drug-likeness (QED) is 0.135. The number of furan rings is 1. The van der Waals surface area contributed by atoms with E-state index < -0.39 is 17.6 Å². The highest BCUT2D eigenvalue weighted by atomic mass is 32.2. The number of benzene rings is 2. The summed E-state index contributed by atoms with van der Waals surface area (Å²) in [7, 11) is 0. The van der Waals surface area contributed by atoms with Gasteiger partial charge in [-0.3, -0.25) is 5.32 Å². The van der Waals surface area contributed by atoms with Crippen molar-refractivity contribution in [2.75, 3.05) is 5.32 Å². The number of carbonyl (C=O) groups is 1. The second kappa shape index (κ2) is 10.7. The number of amides is 1. The normalized spacial score (nSPS) is 14.2. The van der Waals surface area contributed by atoms with Crippen LogP contribution in [0.1, 0.15) is 53.5 Å². The Kier molecular flexibility index (Phi) is 7.30. The van der Waals surface area contributed by atoms with E-state index in [2.05, 4.69) is 35.3 Å². The molecule has 0 saturated heterocycles. The van der Waals surface area contributed by atoms with Crippen LogP contribution in [-0.4, -0.2) is 16.2 Å². The number of carbonyl (C=O) groups excluding carboxylic acids is 1. The Bertz CT molecular complexity index is 1670. The molecule has 8 heteroatoms. The van der Waals surface area contributed by atoms with Crippen molar-refractivity contribution in [3.05, 3.63) is 99.9 Å². The second-order valence-corrected chi connectivity index (χ2v) is 11.9. The standard InChI is InChI=1S/C31H28N2O4S2/c1-18-10-6-7-11-23(18)20(3)36-30(35)33-28-24-12-8-9-13-25(24)37-26(28)14-15-27-32-19(2)29(39-27)38-22(5)31(16-17-31)21(4)34/h6-13,20,34H,4-5,16-17H2,1-3H3,(H,33,35). The number of thioether (sulfide) groups is 1. The summed E-state index contributed by atoms with van der Waals surface area (Å²) in [6, 6.07) is 15.2. The zero-order chi connectivity index (χ0) is 27.7. The smallest absolute Gasteiger partial charge is 0.412 e. The van der Waals surface area contributed by atoms with Crippen molar-refractivity contribution in [2.24, 2.45) is 5.41 Å². The Hall–Kier alpha value is -3.93. The summed E-state index contributed by atoms with van der Waals surface area (Å²) < 4.78 is 12.6. The number of hydrogen-bond donors (Lipinski definition) is 2. The number of para-hydroxylation sites is 1. The maximum Gasteiger partial charge on any atom is 0.412 e. The minimum atomic E-state index is -0.595. The van der Waals surface area contributed by atoms with Crippen LogP contribution in [0.2, 0.25) is 0 Å². The first kappa shape index (κ1) is 26.7. The molecule has 4 aromatic rings. The molecule has 6 nitrogen and oxygen atoms in total. The number of aliphatic hydroxyl groups excluding tert-OH is 1. The number of thiazole rings is 1. The van der Waals surface area contributed by atoms with Gasteiger partial charge >= 0.3 is 6.09 Å². The summed E-state index contributed by atoms with van der Waals surface area (Å²) >= 11 is 2.96. The molecule has 1 fully saturated rings. The van der Waals surface area contributed by atoms with Gasteiger partial charge in [0.2, 0.25) is 5.76 Å². The number of aromatic nitrogens is 1. The lowest BCUT2D eigenvalue weighted by Crippen LogP contribution is -2.16. The lowest BCUT2D eigenvalue weighted by molar-refractivity contribution is 0.121. The number of anilines is 1. The average Bonchev–Trinajstić information content (AvgIpc) is 3.56. The minimum absolute atomic E-state index is 0.166. The lowest BCUT2D eigenvalue weighted by Gasteiger charge is -2.16. The largest absolute Gasteiger partial charge is 0.512 e. The molecule has 2 heterocycles. The molecule has 1 aliphatic rings. The molecule has 0 bridgehead atoms. The fraction of sp³-hybridized carbons (Fsp3) is 0.226.